The van der Waals surface area contributed by atoms with Crippen LogP contribution in [-0.2, 0) is 0 Å². The number of nitrogens with two attached hydrogens (primary N) is 1. The Hall–Kier alpha value is -1.32. The SMILES string of the molecule is Cc1cc(C(=N)N)c2ccc(Cl)c(Cl)c2n1. The Morgan fingerprint density at radius 1 is 1.38 bits per heavy atom. The van der Waals surface area contributed by atoms with Crippen molar-refractivity contribution in [3.63, 3.8) is 0 Å². The molecular weight excluding hydrogens is 245 g/mol. The van der Waals surface area contributed by atoms with Crippen LogP contribution in [0.4, 0.5) is 0 Å². The molecule has 3 nitrogen and oxygen atoms in total. The van der Waals surface area contributed by atoms with E-state index in [1.807, 2.05) is 6.92 Å². The number of hydrogen-bond acceptors (Lipinski definition) is 2. The molecule has 0 saturated heterocycles. The molecule has 0 aliphatic carbocycles. The van der Waals surface area contributed by atoms with Crippen LogP contribution in [0.1, 0.15) is 11.3 Å². The zero-order chi connectivity index (χ0) is 11.9. The van der Waals surface area contributed by atoms with Gasteiger partial charge in [0.1, 0.15) is 5.84 Å². The van der Waals surface area contributed by atoms with Crippen LogP contribution >= 0.6 is 23.2 Å². The number of amidine groups is 1. The van der Waals surface area contributed by atoms with E-state index in [9.17, 15) is 0 Å². The number of aryl methyl sites for hydroxylation is 1. The van der Waals surface area contributed by atoms with Crippen LogP contribution in [0, 0.1) is 12.3 Å². The van der Waals surface area contributed by atoms with E-state index in [-0.39, 0.29) is 5.84 Å². The standard InChI is InChI=1S/C11H9Cl2N3/c1-5-4-7(11(14)15)6-2-3-8(12)9(13)10(6)16-5/h2-4H,1H3,(H3,14,15). The Labute approximate surface area is 103 Å². The third-order valence-electron chi connectivity index (χ3n) is 2.29. The van der Waals surface area contributed by atoms with Crippen molar-refractivity contribution in [2.45, 2.75) is 6.92 Å². The maximum absolute atomic E-state index is 7.51. The molecule has 2 rings (SSSR count). The van der Waals surface area contributed by atoms with Crippen LogP contribution in [-0.4, -0.2) is 10.8 Å². The van der Waals surface area contributed by atoms with Gasteiger partial charge >= 0.3 is 0 Å². The fourth-order valence-electron chi connectivity index (χ4n) is 1.58. The molecule has 1 heterocycles. The maximum atomic E-state index is 7.51. The molecule has 2 aromatic rings. The van der Waals surface area contributed by atoms with Crippen molar-refractivity contribution >= 4 is 39.9 Å². The number of nitrogens with zero attached hydrogens (tertiary/aromatic N) is 1. The summed E-state index contributed by atoms with van der Waals surface area (Å²) in [7, 11) is 0. The molecule has 0 fully saturated rings. The lowest BCUT2D eigenvalue weighted by molar-refractivity contribution is 1.24. The summed E-state index contributed by atoms with van der Waals surface area (Å²) >= 11 is 12.0. The van der Waals surface area contributed by atoms with Crippen LogP contribution in [0.25, 0.3) is 10.9 Å². The zero-order valence-electron chi connectivity index (χ0n) is 8.51. The van der Waals surface area contributed by atoms with Gasteiger partial charge in [0.05, 0.1) is 15.6 Å². The van der Waals surface area contributed by atoms with Crippen LogP contribution in [0.3, 0.4) is 0 Å². The minimum absolute atomic E-state index is 0.00566. The third-order valence-corrected chi connectivity index (χ3v) is 3.09. The molecule has 1 aromatic carbocycles. The number of pyridine rings is 1. The summed E-state index contributed by atoms with van der Waals surface area (Å²) in [4.78, 5) is 4.31. The van der Waals surface area contributed by atoms with E-state index in [1.54, 1.807) is 18.2 Å². The van der Waals surface area contributed by atoms with Crippen LogP contribution in [0.2, 0.25) is 10.0 Å². The highest BCUT2D eigenvalue weighted by Gasteiger charge is 2.11. The minimum atomic E-state index is -0.00566. The first-order valence-electron chi connectivity index (χ1n) is 4.60. The second-order valence-electron chi connectivity index (χ2n) is 3.48. The first-order chi connectivity index (χ1) is 7.50. The van der Waals surface area contributed by atoms with Crippen LogP contribution < -0.4 is 5.73 Å². The van der Waals surface area contributed by atoms with Gasteiger partial charge in [-0.2, -0.15) is 0 Å². The fourth-order valence-corrected chi connectivity index (χ4v) is 1.94. The molecule has 82 valence electrons. The molecule has 0 atom stereocenters. The van der Waals surface area contributed by atoms with E-state index in [0.29, 0.717) is 21.1 Å². The quantitative estimate of drug-likeness (QED) is 0.606. The Bertz CT molecular complexity index is 593. The number of nitrogens with one attached hydrogen (secondary N) is 1. The Balaban J connectivity index is 2.94. The summed E-state index contributed by atoms with van der Waals surface area (Å²) in [6.07, 6.45) is 0. The first kappa shape index (κ1) is 11.2. The van der Waals surface area contributed by atoms with Crippen molar-refractivity contribution in [2.24, 2.45) is 5.73 Å². The van der Waals surface area contributed by atoms with E-state index < -0.39 is 0 Å². The summed E-state index contributed by atoms with van der Waals surface area (Å²) in [6, 6.07) is 5.21. The second-order valence-corrected chi connectivity index (χ2v) is 4.27. The van der Waals surface area contributed by atoms with Gasteiger partial charge in [-0.3, -0.25) is 10.4 Å². The highest BCUT2D eigenvalue weighted by atomic mass is 35.5. The van der Waals surface area contributed by atoms with Crippen molar-refractivity contribution in [1.82, 2.24) is 4.98 Å². The van der Waals surface area contributed by atoms with Crippen molar-refractivity contribution in [3.8, 4) is 0 Å². The summed E-state index contributed by atoms with van der Waals surface area (Å²) < 4.78 is 0. The lowest BCUT2D eigenvalue weighted by atomic mass is 10.1. The number of halogens is 2. The molecule has 0 saturated carbocycles. The smallest absolute Gasteiger partial charge is 0.123 e. The molecular formula is C11H9Cl2N3. The van der Waals surface area contributed by atoms with Crippen molar-refractivity contribution in [1.29, 1.82) is 5.41 Å². The van der Waals surface area contributed by atoms with Gasteiger partial charge in [-0.25, -0.2) is 0 Å². The molecule has 0 unspecified atom stereocenters. The number of nitrogen functional groups attached to an aromatic ring is 1. The van der Waals surface area contributed by atoms with Crippen molar-refractivity contribution in [2.75, 3.05) is 0 Å². The van der Waals surface area contributed by atoms with Gasteiger partial charge in [0.15, 0.2) is 0 Å². The van der Waals surface area contributed by atoms with E-state index in [0.717, 1.165) is 11.1 Å². The van der Waals surface area contributed by atoms with Crippen LogP contribution in [0.15, 0.2) is 18.2 Å². The highest BCUT2D eigenvalue weighted by molar-refractivity contribution is 6.45. The van der Waals surface area contributed by atoms with E-state index in [2.05, 4.69) is 4.98 Å². The monoisotopic (exact) mass is 253 g/mol. The molecule has 3 N–H and O–H groups in total. The topological polar surface area (TPSA) is 62.8 Å². The predicted octanol–water partition coefficient (Wildman–Crippen LogP) is 3.13. The Morgan fingerprint density at radius 2 is 2.06 bits per heavy atom. The fraction of sp³-hybridized carbons (Fsp3) is 0.0909. The van der Waals surface area contributed by atoms with Gasteiger partial charge in [0, 0.05) is 16.6 Å². The Morgan fingerprint density at radius 3 is 2.69 bits per heavy atom. The molecule has 0 aliphatic rings. The molecule has 1 aromatic heterocycles. The summed E-state index contributed by atoms with van der Waals surface area (Å²) in [6.45, 7) is 1.82. The van der Waals surface area contributed by atoms with E-state index in [4.69, 9.17) is 34.3 Å². The highest BCUT2D eigenvalue weighted by Crippen LogP contribution is 2.31. The van der Waals surface area contributed by atoms with Gasteiger partial charge in [0.25, 0.3) is 0 Å². The molecule has 16 heavy (non-hydrogen) atoms. The third kappa shape index (κ3) is 1.72. The predicted molar refractivity (Wildman–Crippen MR) is 67.5 cm³/mol. The summed E-state index contributed by atoms with van der Waals surface area (Å²) in [5.41, 5.74) is 7.48. The zero-order valence-corrected chi connectivity index (χ0v) is 10.0. The average Bonchev–Trinajstić information content (AvgIpc) is 2.23. The summed E-state index contributed by atoms with van der Waals surface area (Å²) in [5.74, 6) is -0.00566. The van der Waals surface area contributed by atoms with Gasteiger partial charge in [-0.15, -0.1) is 0 Å². The lowest BCUT2D eigenvalue weighted by Crippen LogP contribution is -2.12. The number of hydrogen-bond donors (Lipinski definition) is 2. The normalized spacial score (nSPS) is 10.7. The number of rotatable bonds is 1. The average molecular weight is 254 g/mol. The molecule has 0 aliphatic heterocycles. The number of fused-ring (bicyclic) bond motifs is 1. The number of aromatic nitrogens is 1. The number of benzene rings is 1. The molecule has 0 spiro atoms. The van der Waals surface area contributed by atoms with Crippen molar-refractivity contribution in [3.05, 3.63) is 39.5 Å². The van der Waals surface area contributed by atoms with E-state index >= 15 is 0 Å². The van der Waals surface area contributed by atoms with Gasteiger partial charge in [-0.1, -0.05) is 29.3 Å². The molecule has 5 heteroatoms. The lowest BCUT2D eigenvalue weighted by Gasteiger charge is -2.08. The van der Waals surface area contributed by atoms with Gasteiger partial charge < -0.3 is 5.73 Å². The molecule has 0 bridgehead atoms. The first-order valence-corrected chi connectivity index (χ1v) is 5.36. The minimum Gasteiger partial charge on any atom is -0.384 e. The second kappa shape index (κ2) is 3.92. The van der Waals surface area contributed by atoms with Crippen LogP contribution in [0.5, 0.6) is 0 Å². The summed E-state index contributed by atoms with van der Waals surface area (Å²) in [5, 5.41) is 9.10. The van der Waals surface area contributed by atoms with E-state index in [1.165, 1.54) is 0 Å². The molecule has 0 amide bonds. The Kier molecular flexibility index (Phi) is 2.74. The molecule has 0 radical (unpaired) electrons. The maximum Gasteiger partial charge on any atom is 0.123 e. The van der Waals surface area contributed by atoms with Gasteiger partial charge in [-0.05, 0) is 19.1 Å². The van der Waals surface area contributed by atoms with Gasteiger partial charge in [0.2, 0.25) is 0 Å². The van der Waals surface area contributed by atoms with Crippen molar-refractivity contribution < 1.29 is 0 Å². The largest absolute Gasteiger partial charge is 0.384 e.